The number of hydrogen-bond acceptors (Lipinski definition) is 5. The van der Waals surface area contributed by atoms with Crippen molar-refractivity contribution in [1.29, 1.82) is 0 Å². The SMILES string of the molecule is O=C(O)CC1CN(C(=O)N2CCOC(CO)C2)CCO1. The summed E-state index contributed by atoms with van der Waals surface area (Å²) in [6.07, 6.45) is -0.907. The number of urea groups is 1. The highest BCUT2D eigenvalue weighted by Gasteiger charge is 2.31. The first kappa shape index (κ1) is 15.0. The average Bonchev–Trinajstić information content (AvgIpc) is 2.46. The normalized spacial score (nSPS) is 27.4. The molecule has 8 heteroatoms. The van der Waals surface area contributed by atoms with Gasteiger partial charge in [0.15, 0.2) is 0 Å². The second-order valence-electron chi connectivity index (χ2n) is 4.94. The fourth-order valence-corrected chi connectivity index (χ4v) is 2.41. The molecule has 2 atom stereocenters. The van der Waals surface area contributed by atoms with Crippen LogP contribution >= 0.6 is 0 Å². The van der Waals surface area contributed by atoms with E-state index in [1.165, 1.54) is 0 Å². The second kappa shape index (κ2) is 6.87. The minimum atomic E-state index is -0.934. The van der Waals surface area contributed by atoms with E-state index >= 15 is 0 Å². The number of aliphatic carboxylic acids is 1. The number of rotatable bonds is 3. The molecular weight excluding hydrogens is 268 g/mol. The molecule has 0 aliphatic carbocycles. The minimum Gasteiger partial charge on any atom is -0.481 e. The van der Waals surface area contributed by atoms with Gasteiger partial charge in [-0.3, -0.25) is 4.79 Å². The van der Waals surface area contributed by atoms with E-state index in [1.54, 1.807) is 9.80 Å². The number of ether oxygens (including phenoxy) is 2. The maximum absolute atomic E-state index is 12.4. The topological polar surface area (TPSA) is 99.5 Å². The summed E-state index contributed by atoms with van der Waals surface area (Å²) in [5, 5.41) is 17.8. The fraction of sp³-hybridized carbons (Fsp3) is 0.833. The molecular formula is C12H20N2O6. The molecule has 2 aliphatic heterocycles. The standard InChI is InChI=1S/C12H20N2O6/c15-8-10-7-14(2-4-20-10)12(18)13-1-3-19-9(6-13)5-11(16)17/h9-10,15H,1-8H2,(H,16,17). The van der Waals surface area contributed by atoms with Crippen molar-refractivity contribution in [1.82, 2.24) is 9.80 Å². The number of carboxylic acid groups (broad SMARTS) is 1. The van der Waals surface area contributed by atoms with Gasteiger partial charge in [0.05, 0.1) is 45.0 Å². The number of morpholine rings is 2. The van der Waals surface area contributed by atoms with Crippen LogP contribution in [0.4, 0.5) is 4.79 Å². The van der Waals surface area contributed by atoms with Gasteiger partial charge in [0.1, 0.15) is 0 Å². The van der Waals surface area contributed by atoms with Gasteiger partial charge in [-0.25, -0.2) is 4.79 Å². The molecule has 0 saturated carbocycles. The Hall–Kier alpha value is -1.38. The molecule has 2 heterocycles. The summed E-state index contributed by atoms with van der Waals surface area (Å²) in [5.74, 6) is -0.934. The molecule has 0 aromatic carbocycles. The predicted octanol–water partition coefficient (Wildman–Crippen LogP) is -1.02. The number of carbonyl (C=O) groups excluding carboxylic acids is 1. The molecule has 2 unspecified atom stereocenters. The Morgan fingerprint density at radius 1 is 1.05 bits per heavy atom. The van der Waals surface area contributed by atoms with Crippen LogP contribution in [0.25, 0.3) is 0 Å². The van der Waals surface area contributed by atoms with Gasteiger partial charge < -0.3 is 29.5 Å². The van der Waals surface area contributed by atoms with Crippen LogP contribution in [0.2, 0.25) is 0 Å². The molecule has 114 valence electrons. The van der Waals surface area contributed by atoms with Crippen LogP contribution in [-0.2, 0) is 14.3 Å². The fourth-order valence-electron chi connectivity index (χ4n) is 2.41. The molecule has 0 spiro atoms. The average molecular weight is 288 g/mol. The molecule has 2 aliphatic rings. The number of carbonyl (C=O) groups is 2. The zero-order valence-electron chi connectivity index (χ0n) is 11.2. The summed E-state index contributed by atoms with van der Waals surface area (Å²) in [6, 6.07) is -0.148. The van der Waals surface area contributed by atoms with Crippen molar-refractivity contribution < 1.29 is 29.3 Å². The summed E-state index contributed by atoms with van der Waals surface area (Å²) in [5.41, 5.74) is 0. The Labute approximate surface area is 116 Å². The lowest BCUT2D eigenvalue weighted by molar-refractivity contribution is -0.141. The van der Waals surface area contributed by atoms with Gasteiger partial charge >= 0.3 is 12.0 Å². The largest absolute Gasteiger partial charge is 0.481 e. The number of nitrogens with zero attached hydrogens (tertiary/aromatic N) is 2. The van der Waals surface area contributed by atoms with E-state index in [-0.39, 0.29) is 31.7 Å². The summed E-state index contributed by atoms with van der Waals surface area (Å²) in [7, 11) is 0. The molecule has 0 bridgehead atoms. The van der Waals surface area contributed by atoms with E-state index in [9.17, 15) is 9.59 Å². The summed E-state index contributed by atoms with van der Waals surface area (Å²) < 4.78 is 10.6. The molecule has 2 rings (SSSR count). The second-order valence-corrected chi connectivity index (χ2v) is 4.94. The highest BCUT2D eigenvalue weighted by molar-refractivity contribution is 5.75. The lowest BCUT2D eigenvalue weighted by atomic mass is 10.2. The highest BCUT2D eigenvalue weighted by atomic mass is 16.5. The smallest absolute Gasteiger partial charge is 0.320 e. The predicted molar refractivity (Wildman–Crippen MR) is 67.4 cm³/mol. The van der Waals surface area contributed by atoms with Crippen LogP contribution in [0.5, 0.6) is 0 Å². The van der Waals surface area contributed by atoms with Crippen molar-refractivity contribution in [3.05, 3.63) is 0 Å². The van der Waals surface area contributed by atoms with Crippen molar-refractivity contribution in [3.8, 4) is 0 Å². The molecule has 2 saturated heterocycles. The van der Waals surface area contributed by atoms with Gasteiger partial charge in [0, 0.05) is 19.6 Å². The third-order valence-corrected chi connectivity index (χ3v) is 3.42. The van der Waals surface area contributed by atoms with E-state index in [0.717, 1.165) is 0 Å². The first-order valence-electron chi connectivity index (χ1n) is 6.70. The minimum absolute atomic E-state index is 0.105. The first-order valence-corrected chi connectivity index (χ1v) is 6.70. The van der Waals surface area contributed by atoms with Crippen molar-refractivity contribution in [2.75, 3.05) is 46.0 Å². The van der Waals surface area contributed by atoms with Crippen molar-refractivity contribution in [2.24, 2.45) is 0 Å². The van der Waals surface area contributed by atoms with Crippen molar-refractivity contribution >= 4 is 12.0 Å². The van der Waals surface area contributed by atoms with Gasteiger partial charge in [0.25, 0.3) is 0 Å². The van der Waals surface area contributed by atoms with Gasteiger partial charge in [-0.1, -0.05) is 0 Å². The van der Waals surface area contributed by atoms with E-state index in [2.05, 4.69) is 0 Å². The number of aliphatic hydroxyl groups excluding tert-OH is 1. The van der Waals surface area contributed by atoms with Crippen LogP contribution in [-0.4, -0.2) is 90.2 Å². The van der Waals surface area contributed by atoms with E-state index in [4.69, 9.17) is 19.7 Å². The number of amides is 2. The van der Waals surface area contributed by atoms with Crippen molar-refractivity contribution in [2.45, 2.75) is 18.6 Å². The monoisotopic (exact) mass is 288 g/mol. The van der Waals surface area contributed by atoms with Gasteiger partial charge in [0.2, 0.25) is 0 Å². The first-order chi connectivity index (χ1) is 9.60. The Morgan fingerprint density at radius 3 is 2.15 bits per heavy atom. The van der Waals surface area contributed by atoms with E-state index < -0.39 is 12.1 Å². The van der Waals surface area contributed by atoms with Gasteiger partial charge in [-0.05, 0) is 0 Å². The zero-order valence-corrected chi connectivity index (χ0v) is 11.2. The van der Waals surface area contributed by atoms with Crippen LogP contribution in [0.15, 0.2) is 0 Å². The third kappa shape index (κ3) is 3.81. The number of carboxylic acids is 1. The maximum atomic E-state index is 12.4. The summed E-state index contributed by atoms with van der Waals surface area (Å²) in [4.78, 5) is 26.3. The maximum Gasteiger partial charge on any atom is 0.320 e. The Bertz CT molecular complexity index is 364. The summed E-state index contributed by atoms with van der Waals surface area (Å²) >= 11 is 0. The number of hydrogen-bond donors (Lipinski definition) is 2. The molecule has 0 aromatic rings. The molecule has 0 aromatic heterocycles. The van der Waals surface area contributed by atoms with Crippen LogP contribution in [0.1, 0.15) is 6.42 Å². The van der Waals surface area contributed by atoms with E-state index in [0.29, 0.717) is 32.8 Å². The molecule has 20 heavy (non-hydrogen) atoms. The van der Waals surface area contributed by atoms with Gasteiger partial charge in [-0.2, -0.15) is 0 Å². The molecule has 2 amide bonds. The number of aliphatic hydroxyl groups is 1. The lowest BCUT2D eigenvalue weighted by Gasteiger charge is -2.39. The molecule has 2 fully saturated rings. The zero-order chi connectivity index (χ0) is 14.5. The highest BCUT2D eigenvalue weighted by Crippen LogP contribution is 2.13. The van der Waals surface area contributed by atoms with Crippen LogP contribution < -0.4 is 0 Å². The Morgan fingerprint density at radius 2 is 1.60 bits per heavy atom. The molecule has 2 N–H and O–H groups in total. The van der Waals surface area contributed by atoms with E-state index in [1.807, 2.05) is 0 Å². The third-order valence-electron chi connectivity index (χ3n) is 3.42. The Kier molecular flexibility index (Phi) is 5.16. The lowest BCUT2D eigenvalue weighted by Crippen LogP contribution is -2.55. The summed E-state index contributed by atoms with van der Waals surface area (Å²) in [6.45, 7) is 2.21. The Balaban J connectivity index is 1.89. The van der Waals surface area contributed by atoms with Crippen LogP contribution in [0.3, 0.4) is 0 Å². The molecule has 8 nitrogen and oxygen atoms in total. The van der Waals surface area contributed by atoms with Gasteiger partial charge in [-0.15, -0.1) is 0 Å². The van der Waals surface area contributed by atoms with Crippen LogP contribution in [0, 0.1) is 0 Å². The quantitative estimate of drug-likeness (QED) is 0.689. The molecule has 0 radical (unpaired) electrons. The van der Waals surface area contributed by atoms with Crippen molar-refractivity contribution in [3.63, 3.8) is 0 Å².